The molecule has 6 nitrogen and oxygen atoms in total. The van der Waals surface area contributed by atoms with Crippen LogP contribution in [0.15, 0.2) is 41.4 Å². The van der Waals surface area contributed by atoms with Crippen LogP contribution < -0.4 is 14.4 Å². The number of sulfonamides is 1. The molecule has 1 aliphatic heterocycles. The van der Waals surface area contributed by atoms with Crippen LogP contribution in [0.4, 0.5) is 5.82 Å². The molecule has 1 aliphatic rings. The molecule has 1 unspecified atom stereocenters. The highest BCUT2D eigenvalue weighted by Crippen LogP contribution is 2.28. The van der Waals surface area contributed by atoms with Crippen LogP contribution in [0.5, 0.6) is 5.75 Å². The first kappa shape index (κ1) is 18.3. The molecule has 1 fully saturated rings. The smallest absolute Gasteiger partial charge is 0.241 e. The first-order valence-corrected chi connectivity index (χ1v) is 9.89. The second-order valence-electron chi connectivity index (χ2n) is 5.61. The lowest BCUT2D eigenvalue weighted by atomic mass is 10.3. The van der Waals surface area contributed by atoms with Crippen molar-refractivity contribution in [3.63, 3.8) is 0 Å². The van der Waals surface area contributed by atoms with E-state index in [9.17, 15) is 8.42 Å². The van der Waals surface area contributed by atoms with Crippen molar-refractivity contribution in [2.24, 2.45) is 0 Å². The normalized spacial score (nSPS) is 17.7. The van der Waals surface area contributed by atoms with Crippen LogP contribution in [-0.4, -0.2) is 39.6 Å². The van der Waals surface area contributed by atoms with Gasteiger partial charge in [-0.05, 0) is 31.3 Å². The molecular weight excluding hydrogens is 385 g/mol. The van der Waals surface area contributed by atoms with Gasteiger partial charge in [0, 0.05) is 25.2 Å². The van der Waals surface area contributed by atoms with Gasteiger partial charge in [-0.1, -0.05) is 23.2 Å². The van der Waals surface area contributed by atoms with E-state index in [1.807, 2.05) is 0 Å². The summed E-state index contributed by atoms with van der Waals surface area (Å²) < 4.78 is 31.7. The fourth-order valence-electron chi connectivity index (χ4n) is 2.61. The maximum Gasteiger partial charge on any atom is 0.241 e. The van der Waals surface area contributed by atoms with Gasteiger partial charge in [-0.2, -0.15) is 0 Å². The summed E-state index contributed by atoms with van der Waals surface area (Å²) in [5, 5.41) is 0.944. The predicted octanol–water partition coefficient (Wildman–Crippen LogP) is 2.95. The van der Waals surface area contributed by atoms with Crippen molar-refractivity contribution in [3.05, 3.63) is 46.6 Å². The molecule has 134 valence electrons. The highest BCUT2D eigenvalue weighted by molar-refractivity contribution is 7.89. The Morgan fingerprint density at radius 2 is 2.04 bits per heavy atom. The maximum absolute atomic E-state index is 11.7. The Bertz CT molecular complexity index is 859. The van der Waals surface area contributed by atoms with E-state index in [1.165, 1.54) is 13.2 Å². The molecule has 1 saturated heterocycles. The fraction of sp³-hybridized carbons (Fsp3) is 0.312. The van der Waals surface area contributed by atoms with Gasteiger partial charge in [-0.15, -0.1) is 0 Å². The topological polar surface area (TPSA) is 71.5 Å². The van der Waals surface area contributed by atoms with E-state index in [1.54, 1.807) is 30.3 Å². The van der Waals surface area contributed by atoms with Gasteiger partial charge in [-0.25, -0.2) is 18.1 Å². The van der Waals surface area contributed by atoms with E-state index in [-0.39, 0.29) is 11.0 Å². The zero-order valence-electron chi connectivity index (χ0n) is 13.4. The minimum Gasteiger partial charge on any atom is -0.488 e. The zero-order chi connectivity index (χ0) is 18.0. The number of hydrogen-bond acceptors (Lipinski definition) is 5. The number of aromatic nitrogens is 1. The predicted molar refractivity (Wildman–Crippen MR) is 98.2 cm³/mol. The van der Waals surface area contributed by atoms with Crippen LogP contribution in [0.25, 0.3) is 0 Å². The van der Waals surface area contributed by atoms with E-state index in [0.29, 0.717) is 22.3 Å². The van der Waals surface area contributed by atoms with Crippen molar-refractivity contribution in [1.82, 2.24) is 9.71 Å². The van der Waals surface area contributed by atoms with Crippen molar-refractivity contribution in [2.75, 3.05) is 25.0 Å². The summed E-state index contributed by atoms with van der Waals surface area (Å²) >= 11 is 11.9. The Labute approximate surface area is 156 Å². The molecule has 2 heterocycles. The van der Waals surface area contributed by atoms with Gasteiger partial charge in [0.05, 0.1) is 16.6 Å². The lowest BCUT2D eigenvalue weighted by Gasteiger charge is -2.18. The van der Waals surface area contributed by atoms with E-state index < -0.39 is 10.0 Å². The lowest BCUT2D eigenvalue weighted by Crippen LogP contribution is -2.25. The second-order valence-corrected chi connectivity index (χ2v) is 8.31. The van der Waals surface area contributed by atoms with E-state index >= 15 is 0 Å². The quantitative estimate of drug-likeness (QED) is 0.833. The number of rotatable bonds is 5. The first-order chi connectivity index (χ1) is 11.9. The number of ether oxygens (including phenoxy) is 1. The number of nitrogens with one attached hydrogen (secondary N) is 1. The molecule has 0 aliphatic carbocycles. The third-order valence-corrected chi connectivity index (χ3v) is 6.10. The van der Waals surface area contributed by atoms with Crippen molar-refractivity contribution >= 4 is 39.0 Å². The number of halogens is 2. The summed E-state index contributed by atoms with van der Waals surface area (Å²) in [5.74, 6) is 1.39. The summed E-state index contributed by atoms with van der Waals surface area (Å²) in [7, 11) is -2.11. The van der Waals surface area contributed by atoms with Crippen LogP contribution in [0, 0.1) is 0 Å². The molecule has 0 saturated carbocycles. The van der Waals surface area contributed by atoms with Crippen LogP contribution in [0.2, 0.25) is 10.0 Å². The Hall–Kier alpha value is -1.54. The Kier molecular flexibility index (Phi) is 5.38. The minimum absolute atomic E-state index is 0.000222. The lowest BCUT2D eigenvalue weighted by molar-refractivity contribution is 0.225. The fourth-order valence-corrected chi connectivity index (χ4v) is 3.57. The van der Waals surface area contributed by atoms with Gasteiger partial charge in [-0.3, -0.25) is 0 Å². The molecule has 2 aromatic rings. The number of pyridine rings is 1. The number of nitrogens with zero attached hydrogens (tertiary/aromatic N) is 2. The Balaban J connectivity index is 1.65. The number of benzene rings is 1. The first-order valence-electron chi connectivity index (χ1n) is 7.65. The van der Waals surface area contributed by atoms with Gasteiger partial charge < -0.3 is 9.64 Å². The van der Waals surface area contributed by atoms with Crippen LogP contribution >= 0.6 is 23.2 Å². The monoisotopic (exact) mass is 401 g/mol. The zero-order valence-corrected chi connectivity index (χ0v) is 15.8. The van der Waals surface area contributed by atoms with Crippen LogP contribution in [0.3, 0.4) is 0 Å². The standard InChI is InChI=1S/C16H17Cl2N3O3S/c1-19-25(22,23)13-3-5-16(20-9-13)21-7-6-12(10-21)24-11-2-4-14(17)15(18)8-11/h2-5,8-9,12,19H,6-7,10H2,1H3. The second kappa shape index (κ2) is 7.37. The summed E-state index contributed by atoms with van der Waals surface area (Å²) in [6.07, 6.45) is 2.19. The molecule has 1 aromatic heterocycles. The molecule has 9 heteroatoms. The molecule has 0 radical (unpaired) electrons. The molecule has 3 rings (SSSR count). The summed E-state index contributed by atoms with van der Waals surface area (Å²) in [5.41, 5.74) is 0. The van der Waals surface area contributed by atoms with Crippen LogP contribution in [-0.2, 0) is 10.0 Å². The van der Waals surface area contributed by atoms with E-state index in [0.717, 1.165) is 18.8 Å². The van der Waals surface area contributed by atoms with Crippen molar-refractivity contribution < 1.29 is 13.2 Å². The van der Waals surface area contributed by atoms with Gasteiger partial charge in [0.2, 0.25) is 10.0 Å². The molecule has 1 aromatic carbocycles. The SMILES string of the molecule is CNS(=O)(=O)c1ccc(N2CCC(Oc3ccc(Cl)c(Cl)c3)C2)nc1. The molecule has 0 bridgehead atoms. The van der Waals surface area contributed by atoms with Gasteiger partial charge in [0.1, 0.15) is 22.6 Å². The number of anilines is 1. The molecule has 0 amide bonds. The third kappa shape index (κ3) is 4.17. The van der Waals surface area contributed by atoms with Gasteiger partial charge in [0.25, 0.3) is 0 Å². The highest BCUT2D eigenvalue weighted by atomic mass is 35.5. The highest BCUT2D eigenvalue weighted by Gasteiger charge is 2.25. The molecule has 1 atom stereocenters. The largest absolute Gasteiger partial charge is 0.488 e. The molecular formula is C16H17Cl2N3O3S. The average molecular weight is 402 g/mol. The van der Waals surface area contributed by atoms with Gasteiger partial charge >= 0.3 is 0 Å². The summed E-state index contributed by atoms with van der Waals surface area (Å²) in [6, 6.07) is 8.43. The van der Waals surface area contributed by atoms with E-state index in [4.69, 9.17) is 27.9 Å². The molecule has 1 N–H and O–H groups in total. The summed E-state index contributed by atoms with van der Waals surface area (Å²) in [6.45, 7) is 1.43. The average Bonchev–Trinajstić information content (AvgIpc) is 3.07. The molecule has 25 heavy (non-hydrogen) atoms. The summed E-state index contributed by atoms with van der Waals surface area (Å²) in [4.78, 5) is 6.45. The Morgan fingerprint density at radius 3 is 2.68 bits per heavy atom. The molecule has 0 spiro atoms. The van der Waals surface area contributed by atoms with Crippen molar-refractivity contribution in [1.29, 1.82) is 0 Å². The van der Waals surface area contributed by atoms with Crippen LogP contribution in [0.1, 0.15) is 6.42 Å². The van der Waals surface area contributed by atoms with E-state index in [2.05, 4.69) is 14.6 Å². The maximum atomic E-state index is 11.7. The minimum atomic E-state index is -3.48. The van der Waals surface area contributed by atoms with Crippen molar-refractivity contribution in [2.45, 2.75) is 17.4 Å². The third-order valence-electron chi connectivity index (χ3n) is 3.96. The number of hydrogen-bond donors (Lipinski definition) is 1. The van der Waals surface area contributed by atoms with Crippen molar-refractivity contribution in [3.8, 4) is 5.75 Å². The Morgan fingerprint density at radius 1 is 1.24 bits per heavy atom. The van der Waals surface area contributed by atoms with Gasteiger partial charge in [0.15, 0.2) is 0 Å².